The van der Waals surface area contributed by atoms with Gasteiger partial charge in [0.15, 0.2) is 5.69 Å². The second-order valence-electron chi connectivity index (χ2n) is 8.23. The second kappa shape index (κ2) is 14.1. The van der Waals surface area contributed by atoms with Crippen molar-refractivity contribution in [2.24, 2.45) is 0 Å². The Morgan fingerprint density at radius 1 is 1.02 bits per heavy atom. The number of nitrogens with zero attached hydrogens (tertiary/aromatic N) is 3. The molecule has 2 heterocycles. The van der Waals surface area contributed by atoms with Crippen molar-refractivity contribution in [1.82, 2.24) is 20.3 Å². The lowest BCUT2D eigenvalue weighted by Gasteiger charge is -2.19. The normalized spacial score (nSPS) is 11.7. The van der Waals surface area contributed by atoms with Gasteiger partial charge in [0, 0.05) is 12.7 Å². The van der Waals surface area contributed by atoms with Crippen LogP contribution in [0.5, 0.6) is 5.75 Å². The van der Waals surface area contributed by atoms with E-state index >= 15 is 0 Å². The number of alkyl halides is 3. The van der Waals surface area contributed by atoms with E-state index in [-0.39, 0.29) is 49.0 Å². The number of anilines is 4. The lowest BCUT2D eigenvalue weighted by Crippen LogP contribution is -2.25. The van der Waals surface area contributed by atoms with Crippen LogP contribution in [-0.2, 0) is 26.0 Å². The highest BCUT2D eigenvalue weighted by atomic mass is 79.9. The summed E-state index contributed by atoms with van der Waals surface area (Å²) in [4.78, 5) is 24.5. The summed E-state index contributed by atoms with van der Waals surface area (Å²) in [5.41, 5.74) is -0.356. The van der Waals surface area contributed by atoms with Gasteiger partial charge >= 0.3 is 13.8 Å². The second-order valence-corrected chi connectivity index (χ2v) is 11.1. The van der Waals surface area contributed by atoms with Crippen molar-refractivity contribution in [1.29, 1.82) is 0 Å². The Morgan fingerprint density at radius 2 is 1.71 bits per heavy atom. The number of amides is 1. The molecule has 0 saturated carbocycles. The number of hydrogen-bond acceptors (Lipinski definition) is 10. The number of pyridine rings is 1. The molecule has 0 fully saturated rings. The lowest BCUT2D eigenvalue weighted by molar-refractivity contribution is -0.137. The number of rotatable bonds is 13. The van der Waals surface area contributed by atoms with Gasteiger partial charge in [-0.25, -0.2) is 9.97 Å². The van der Waals surface area contributed by atoms with Crippen molar-refractivity contribution in [3.8, 4) is 5.75 Å². The van der Waals surface area contributed by atoms with E-state index in [0.717, 1.165) is 0 Å². The topological polar surface area (TPSA) is 137 Å². The average molecular weight is 661 g/mol. The van der Waals surface area contributed by atoms with Gasteiger partial charge in [0.25, 0.3) is 5.91 Å². The van der Waals surface area contributed by atoms with Crippen molar-refractivity contribution in [3.63, 3.8) is 0 Å². The third-order valence-electron chi connectivity index (χ3n) is 5.30. The lowest BCUT2D eigenvalue weighted by atomic mass is 10.2. The number of methoxy groups -OCH3 is 1. The van der Waals surface area contributed by atoms with Gasteiger partial charge < -0.3 is 29.7 Å². The van der Waals surface area contributed by atoms with Crippen LogP contribution in [-0.4, -0.2) is 47.7 Å². The van der Waals surface area contributed by atoms with Crippen molar-refractivity contribution in [2.75, 3.05) is 37.5 Å². The zero-order valence-corrected chi connectivity index (χ0v) is 25.1. The molecule has 222 valence electrons. The number of hydrogen-bond donors (Lipinski definition) is 3. The average Bonchev–Trinajstić information content (AvgIpc) is 2.90. The minimum Gasteiger partial charge on any atom is -0.495 e. The summed E-state index contributed by atoms with van der Waals surface area (Å²) in [5.74, 6) is -1.09. The van der Waals surface area contributed by atoms with Gasteiger partial charge in [-0.15, -0.1) is 0 Å². The Morgan fingerprint density at radius 3 is 2.32 bits per heavy atom. The summed E-state index contributed by atoms with van der Waals surface area (Å²) < 4.78 is 70.9. The summed E-state index contributed by atoms with van der Waals surface area (Å²) >= 11 is 3.17. The molecule has 0 aliphatic carbocycles. The van der Waals surface area contributed by atoms with Gasteiger partial charge in [-0.2, -0.15) is 18.2 Å². The first kappa shape index (κ1) is 32.3. The third kappa shape index (κ3) is 8.62. The molecule has 41 heavy (non-hydrogen) atoms. The predicted octanol–water partition coefficient (Wildman–Crippen LogP) is 6.66. The van der Waals surface area contributed by atoms with E-state index < -0.39 is 31.1 Å². The smallest absolute Gasteiger partial charge is 0.421 e. The molecule has 0 spiro atoms. The van der Waals surface area contributed by atoms with Gasteiger partial charge in [-0.05, 0) is 66.5 Å². The summed E-state index contributed by atoms with van der Waals surface area (Å²) in [7, 11) is -1.98. The Balaban J connectivity index is 1.96. The zero-order valence-electron chi connectivity index (χ0n) is 22.6. The third-order valence-corrected chi connectivity index (χ3v) is 7.80. The van der Waals surface area contributed by atoms with Gasteiger partial charge in [0.05, 0.1) is 37.9 Å². The Hall–Kier alpha value is -3.26. The molecule has 16 heteroatoms. The summed E-state index contributed by atoms with van der Waals surface area (Å²) in [6.07, 6.45) is -4.19. The van der Waals surface area contributed by atoms with Crippen molar-refractivity contribution in [3.05, 3.63) is 58.0 Å². The highest BCUT2D eigenvalue weighted by molar-refractivity contribution is 9.10. The molecule has 0 saturated heterocycles. The monoisotopic (exact) mass is 660 g/mol. The largest absolute Gasteiger partial charge is 0.495 e. The maximum atomic E-state index is 13.9. The molecule has 0 aliphatic heterocycles. The molecule has 1 aromatic carbocycles. The Bertz CT molecular complexity index is 1420. The number of benzene rings is 1. The van der Waals surface area contributed by atoms with Crippen LogP contribution in [0.25, 0.3) is 0 Å². The number of halogens is 4. The van der Waals surface area contributed by atoms with Crippen LogP contribution < -0.4 is 20.7 Å². The molecule has 11 nitrogen and oxygen atoms in total. The Kier molecular flexibility index (Phi) is 11.1. The molecule has 2 aromatic heterocycles. The van der Waals surface area contributed by atoms with Crippen molar-refractivity contribution in [2.45, 2.75) is 33.1 Å². The van der Waals surface area contributed by atoms with Crippen LogP contribution in [0.3, 0.4) is 0 Å². The van der Waals surface area contributed by atoms with E-state index in [9.17, 15) is 22.5 Å². The van der Waals surface area contributed by atoms with Gasteiger partial charge in [0.2, 0.25) is 5.95 Å². The summed E-state index contributed by atoms with van der Waals surface area (Å²) in [6, 6.07) is 7.70. The quantitative estimate of drug-likeness (QED) is 0.135. The van der Waals surface area contributed by atoms with E-state index in [4.69, 9.17) is 13.8 Å². The SMILES string of the molecule is CCNC(=O)c1nc(Br)ccc1Nc1nc(Nc2ccc(CP(=O)(OCC)OCC)cc2OC)ncc1C(F)(F)F. The van der Waals surface area contributed by atoms with Crippen molar-refractivity contribution >= 4 is 52.6 Å². The fourth-order valence-corrected chi connectivity index (χ4v) is 5.63. The number of nitrogens with one attached hydrogen (secondary N) is 3. The highest BCUT2D eigenvalue weighted by Crippen LogP contribution is 2.51. The molecular weight excluding hydrogens is 632 g/mol. The number of aromatic nitrogens is 3. The van der Waals surface area contributed by atoms with E-state index in [1.54, 1.807) is 39.0 Å². The van der Waals surface area contributed by atoms with Crippen LogP contribution in [0.4, 0.5) is 36.3 Å². The van der Waals surface area contributed by atoms with E-state index in [1.165, 1.54) is 19.2 Å². The highest BCUT2D eigenvalue weighted by Gasteiger charge is 2.36. The maximum absolute atomic E-state index is 13.9. The van der Waals surface area contributed by atoms with Crippen LogP contribution in [0, 0.1) is 0 Å². The molecule has 0 bridgehead atoms. The summed E-state index contributed by atoms with van der Waals surface area (Å²) in [6.45, 7) is 5.82. The van der Waals surface area contributed by atoms with Crippen LogP contribution in [0.15, 0.2) is 41.1 Å². The van der Waals surface area contributed by atoms with E-state index in [2.05, 4.69) is 46.8 Å². The van der Waals surface area contributed by atoms with E-state index in [1.807, 2.05) is 0 Å². The molecular formula is C25H29BrF3N6O5P. The molecule has 3 rings (SSSR count). The molecule has 1 amide bonds. The molecule has 0 unspecified atom stereocenters. The van der Waals surface area contributed by atoms with Gasteiger partial charge in [-0.3, -0.25) is 9.36 Å². The molecule has 3 aromatic rings. The maximum Gasteiger partial charge on any atom is 0.421 e. The van der Waals surface area contributed by atoms with Crippen molar-refractivity contribution < 1.29 is 36.3 Å². The molecule has 0 radical (unpaired) electrons. The van der Waals surface area contributed by atoms with Gasteiger partial charge in [0.1, 0.15) is 21.7 Å². The minimum atomic E-state index is -4.80. The van der Waals surface area contributed by atoms with Gasteiger partial charge in [-0.1, -0.05) is 6.07 Å². The fraction of sp³-hybridized carbons (Fsp3) is 0.360. The predicted molar refractivity (Wildman–Crippen MR) is 151 cm³/mol. The van der Waals surface area contributed by atoms with Crippen LogP contribution in [0.1, 0.15) is 42.4 Å². The molecule has 0 atom stereocenters. The molecule has 0 aliphatic rings. The first-order valence-electron chi connectivity index (χ1n) is 12.4. The number of carbonyl (C=O) groups excluding carboxylic acids is 1. The number of carbonyl (C=O) groups is 1. The summed E-state index contributed by atoms with van der Waals surface area (Å²) in [5, 5.41) is 8.00. The molecule has 3 N–H and O–H groups in total. The standard InChI is InChI=1S/C25H29BrF3N6O5P/c1-5-30-23(36)21-18(10-11-20(26)34-21)32-22-16(25(27,28)29)13-31-24(35-22)33-17-9-8-15(12-19(17)38-4)14-41(37,39-6-2)40-7-3/h8-13H,5-7,14H2,1-4H3,(H,30,36)(H2,31,32,33,35). The first-order valence-corrected chi connectivity index (χ1v) is 14.9. The van der Waals surface area contributed by atoms with Crippen LogP contribution >= 0.6 is 23.5 Å². The first-order chi connectivity index (χ1) is 19.4. The van der Waals surface area contributed by atoms with E-state index in [0.29, 0.717) is 22.1 Å². The van der Waals surface area contributed by atoms with Crippen LogP contribution in [0.2, 0.25) is 0 Å². The minimum absolute atomic E-state index is 0.00394. The zero-order chi connectivity index (χ0) is 30.2. The fourth-order valence-electron chi connectivity index (χ4n) is 3.63. The Labute approximate surface area is 243 Å². The number of ether oxygens (including phenoxy) is 1.